The minimum absolute atomic E-state index is 0.0187. The summed E-state index contributed by atoms with van der Waals surface area (Å²) in [6.45, 7) is 2.50. The Morgan fingerprint density at radius 3 is 2.78 bits per heavy atom. The first-order chi connectivity index (χ1) is 11.1. The summed E-state index contributed by atoms with van der Waals surface area (Å²) >= 11 is 0. The molecule has 23 heavy (non-hydrogen) atoms. The molecule has 1 aliphatic rings. The molecule has 7 heteroatoms. The number of hydrogen-bond donors (Lipinski definition) is 2. The van der Waals surface area contributed by atoms with Crippen LogP contribution in [0.25, 0.3) is 0 Å². The van der Waals surface area contributed by atoms with Crippen LogP contribution in [0.1, 0.15) is 6.42 Å². The van der Waals surface area contributed by atoms with Crippen molar-refractivity contribution >= 4 is 15.7 Å². The summed E-state index contributed by atoms with van der Waals surface area (Å²) in [4.78, 5) is 3.89. The molecule has 1 saturated heterocycles. The van der Waals surface area contributed by atoms with Crippen LogP contribution >= 0.6 is 0 Å². The van der Waals surface area contributed by atoms with Crippen molar-refractivity contribution in [3.63, 3.8) is 0 Å². The van der Waals surface area contributed by atoms with Gasteiger partial charge >= 0.3 is 0 Å². The van der Waals surface area contributed by atoms with E-state index in [1.165, 1.54) is 12.3 Å². The Hall–Kier alpha value is -2.12. The predicted octanol–water partition coefficient (Wildman–Crippen LogP) is 1.87. The van der Waals surface area contributed by atoms with Gasteiger partial charge in [-0.25, -0.2) is 4.98 Å². The number of para-hydroxylation sites is 2. The van der Waals surface area contributed by atoms with Crippen molar-refractivity contribution < 1.29 is 13.2 Å². The molecule has 0 spiro atoms. The Balaban J connectivity index is 1.75. The van der Waals surface area contributed by atoms with E-state index in [0.717, 1.165) is 19.5 Å². The molecule has 2 N–H and O–H groups in total. The lowest BCUT2D eigenvalue weighted by atomic mass is 10.1. The second-order valence-corrected chi connectivity index (χ2v) is 7.07. The number of ether oxygens (including phenoxy) is 1. The zero-order valence-electron chi connectivity index (χ0n) is 12.6. The molecule has 0 radical (unpaired) electrons. The number of rotatable bonds is 6. The van der Waals surface area contributed by atoms with Crippen LogP contribution in [0.2, 0.25) is 0 Å². The molecular formula is C16H19N3O3S. The standard InChI is InChI=1S/C16H19N3O3S/c20-23(21,16-7-3-4-9-18-16)19-14-5-1-2-6-15(14)22-12-13-8-10-17-11-13/h1-7,9,13,17,19H,8,10-12H2. The maximum Gasteiger partial charge on any atom is 0.279 e. The zero-order valence-corrected chi connectivity index (χ0v) is 13.4. The Morgan fingerprint density at radius 2 is 2.04 bits per heavy atom. The van der Waals surface area contributed by atoms with E-state index in [2.05, 4.69) is 15.0 Å². The number of nitrogens with one attached hydrogen (secondary N) is 2. The van der Waals surface area contributed by atoms with Crippen molar-refractivity contribution in [2.45, 2.75) is 11.4 Å². The summed E-state index contributed by atoms with van der Waals surface area (Å²) in [6.07, 6.45) is 2.52. The number of aromatic nitrogens is 1. The van der Waals surface area contributed by atoms with E-state index >= 15 is 0 Å². The van der Waals surface area contributed by atoms with Gasteiger partial charge in [-0.1, -0.05) is 18.2 Å². The van der Waals surface area contributed by atoms with Gasteiger partial charge in [0.05, 0.1) is 12.3 Å². The normalized spacial score (nSPS) is 17.8. The molecule has 0 aliphatic carbocycles. The van der Waals surface area contributed by atoms with Gasteiger partial charge in [-0.15, -0.1) is 0 Å². The summed E-state index contributed by atoms with van der Waals surface area (Å²) in [5.74, 6) is 0.981. The lowest BCUT2D eigenvalue weighted by Crippen LogP contribution is -2.18. The average Bonchev–Trinajstić information content (AvgIpc) is 3.08. The molecule has 1 fully saturated rings. The SMILES string of the molecule is O=S(=O)(Nc1ccccc1OCC1CCNC1)c1ccccn1. The van der Waals surface area contributed by atoms with Gasteiger partial charge in [0.15, 0.2) is 5.03 Å². The second-order valence-electron chi connectivity index (χ2n) is 5.44. The van der Waals surface area contributed by atoms with Crippen LogP contribution in [0, 0.1) is 5.92 Å². The van der Waals surface area contributed by atoms with E-state index in [0.29, 0.717) is 24.0 Å². The molecule has 1 aromatic heterocycles. The maximum absolute atomic E-state index is 12.4. The van der Waals surface area contributed by atoms with Gasteiger partial charge in [-0.05, 0) is 37.2 Å². The van der Waals surface area contributed by atoms with E-state index < -0.39 is 10.0 Å². The number of sulfonamides is 1. The molecule has 2 heterocycles. The third-order valence-electron chi connectivity index (χ3n) is 3.68. The lowest BCUT2D eigenvalue weighted by Gasteiger charge is -2.15. The van der Waals surface area contributed by atoms with Gasteiger partial charge in [0.25, 0.3) is 10.0 Å². The van der Waals surface area contributed by atoms with Crippen LogP contribution in [0.4, 0.5) is 5.69 Å². The van der Waals surface area contributed by atoms with E-state index in [4.69, 9.17) is 4.74 Å². The molecule has 1 aromatic carbocycles. The van der Waals surface area contributed by atoms with Crippen molar-refractivity contribution in [2.75, 3.05) is 24.4 Å². The van der Waals surface area contributed by atoms with Gasteiger partial charge in [-0.2, -0.15) is 8.42 Å². The fourth-order valence-corrected chi connectivity index (χ4v) is 3.46. The second kappa shape index (κ2) is 6.97. The van der Waals surface area contributed by atoms with Gasteiger partial charge in [0, 0.05) is 18.7 Å². The van der Waals surface area contributed by atoms with Crippen LogP contribution in [0.5, 0.6) is 5.75 Å². The molecular weight excluding hydrogens is 314 g/mol. The summed E-state index contributed by atoms with van der Waals surface area (Å²) < 4.78 is 33.1. The van der Waals surface area contributed by atoms with Gasteiger partial charge < -0.3 is 10.1 Å². The minimum Gasteiger partial charge on any atom is -0.491 e. The first kappa shape index (κ1) is 15.8. The average molecular weight is 333 g/mol. The van der Waals surface area contributed by atoms with Crippen molar-refractivity contribution in [1.29, 1.82) is 0 Å². The third kappa shape index (κ3) is 4.00. The summed E-state index contributed by atoms with van der Waals surface area (Å²) in [7, 11) is -3.73. The van der Waals surface area contributed by atoms with E-state index in [1.54, 1.807) is 30.3 Å². The van der Waals surface area contributed by atoms with Gasteiger partial charge in [-0.3, -0.25) is 4.72 Å². The smallest absolute Gasteiger partial charge is 0.279 e. The van der Waals surface area contributed by atoms with Crippen LogP contribution in [0.15, 0.2) is 53.7 Å². The van der Waals surface area contributed by atoms with Crippen molar-refractivity contribution in [3.8, 4) is 5.75 Å². The zero-order chi connectivity index (χ0) is 16.1. The molecule has 6 nitrogen and oxygen atoms in total. The highest BCUT2D eigenvalue weighted by atomic mass is 32.2. The first-order valence-corrected chi connectivity index (χ1v) is 9.00. The maximum atomic E-state index is 12.4. The lowest BCUT2D eigenvalue weighted by molar-refractivity contribution is 0.261. The first-order valence-electron chi connectivity index (χ1n) is 7.51. The Labute approximate surface area is 136 Å². The number of pyridine rings is 1. The fourth-order valence-electron chi connectivity index (χ4n) is 2.44. The Kier molecular flexibility index (Phi) is 4.78. The highest BCUT2D eigenvalue weighted by molar-refractivity contribution is 7.92. The Morgan fingerprint density at radius 1 is 1.22 bits per heavy atom. The minimum atomic E-state index is -3.73. The Bertz CT molecular complexity index is 744. The van der Waals surface area contributed by atoms with E-state index in [1.807, 2.05) is 6.07 Å². The van der Waals surface area contributed by atoms with Crippen LogP contribution < -0.4 is 14.8 Å². The van der Waals surface area contributed by atoms with Crippen molar-refractivity contribution in [1.82, 2.24) is 10.3 Å². The van der Waals surface area contributed by atoms with E-state index in [9.17, 15) is 8.42 Å². The number of benzene rings is 1. The van der Waals surface area contributed by atoms with Crippen LogP contribution in [-0.2, 0) is 10.0 Å². The summed E-state index contributed by atoms with van der Waals surface area (Å²) in [5, 5.41) is 3.26. The molecule has 1 unspecified atom stereocenters. The molecule has 0 saturated carbocycles. The highest BCUT2D eigenvalue weighted by Crippen LogP contribution is 2.27. The van der Waals surface area contributed by atoms with Gasteiger partial charge in [0.2, 0.25) is 0 Å². The van der Waals surface area contributed by atoms with Crippen molar-refractivity contribution in [3.05, 3.63) is 48.7 Å². The highest BCUT2D eigenvalue weighted by Gasteiger charge is 2.19. The largest absolute Gasteiger partial charge is 0.491 e. The summed E-state index contributed by atoms with van der Waals surface area (Å²) in [6, 6.07) is 11.8. The quantitative estimate of drug-likeness (QED) is 0.843. The predicted molar refractivity (Wildman–Crippen MR) is 88.0 cm³/mol. The third-order valence-corrected chi connectivity index (χ3v) is 4.96. The fraction of sp³-hybridized carbons (Fsp3) is 0.312. The topological polar surface area (TPSA) is 80.3 Å². The van der Waals surface area contributed by atoms with Crippen LogP contribution in [0.3, 0.4) is 0 Å². The summed E-state index contributed by atoms with van der Waals surface area (Å²) in [5.41, 5.74) is 0.420. The van der Waals surface area contributed by atoms with Gasteiger partial charge in [0.1, 0.15) is 5.75 Å². The molecule has 0 amide bonds. The monoisotopic (exact) mass is 333 g/mol. The number of hydrogen-bond acceptors (Lipinski definition) is 5. The number of anilines is 1. The molecule has 2 aromatic rings. The molecule has 1 atom stereocenters. The van der Waals surface area contributed by atoms with Crippen LogP contribution in [-0.4, -0.2) is 33.1 Å². The van der Waals surface area contributed by atoms with Crippen molar-refractivity contribution in [2.24, 2.45) is 5.92 Å². The van der Waals surface area contributed by atoms with E-state index in [-0.39, 0.29) is 5.03 Å². The number of nitrogens with zero attached hydrogens (tertiary/aromatic N) is 1. The molecule has 122 valence electrons. The molecule has 3 rings (SSSR count). The molecule has 0 bridgehead atoms. The molecule has 1 aliphatic heterocycles.